The first-order valence-electron chi connectivity index (χ1n) is 5.65. The highest BCUT2D eigenvalue weighted by molar-refractivity contribution is 5.29. The summed E-state index contributed by atoms with van der Waals surface area (Å²) in [6.07, 6.45) is 10.1. The highest BCUT2D eigenvalue weighted by Crippen LogP contribution is 2.32. The minimum atomic E-state index is 0.738. The maximum Gasteiger partial charge on any atom is -0.0203 e. The van der Waals surface area contributed by atoms with Gasteiger partial charge in [0.2, 0.25) is 0 Å². The van der Waals surface area contributed by atoms with Crippen molar-refractivity contribution in [1.29, 1.82) is 0 Å². The van der Waals surface area contributed by atoms with Gasteiger partial charge >= 0.3 is 0 Å². The fraction of sp³-hybridized carbons (Fsp3) is 0.571. The second-order valence-electron chi connectivity index (χ2n) is 4.46. The van der Waals surface area contributed by atoms with Gasteiger partial charge in [0.05, 0.1) is 0 Å². The van der Waals surface area contributed by atoms with E-state index in [1.807, 2.05) is 6.08 Å². The summed E-state index contributed by atoms with van der Waals surface area (Å²) in [6, 6.07) is 0. The van der Waals surface area contributed by atoms with E-state index in [-0.39, 0.29) is 0 Å². The maximum absolute atomic E-state index is 3.72. The van der Waals surface area contributed by atoms with Crippen molar-refractivity contribution >= 4 is 0 Å². The van der Waals surface area contributed by atoms with Crippen LogP contribution in [0, 0.1) is 11.8 Å². The van der Waals surface area contributed by atoms with Gasteiger partial charge in [-0.05, 0) is 43.6 Å². The molecular formula is C14H22. The number of hydrogen-bond acceptors (Lipinski definition) is 0. The SMILES string of the molecule is C=CC=CC1=C(C)C(C)C(C)CCC1. The number of rotatable bonds is 2. The van der Waals surface area contributed by atoms with E-state index in [0.29, 0.717) is 0 Å². The second-order valence-corrected chi connectivity index (χ2v) is 4.46. The Hall–Kier alpha value is -0.780. The molecule has 0 aromatic carbocycles. The third-order valence-corrected chi connectivity index (χ3v) is 3.58. The molecule has 0 N–H and O–H groups in total. The van der Waals surface area contributed by atoms with Crippen molar-refractivity contribution < 1.29 is 0 Å². The lowest BCUT2D eigenvalue weighted by Crippen LogP contribution is -2.07. The monoisotopic (exact) mass is 190 g/mol. The molecule has 1 rings (SSSR count). The van der Waals surface area contributed by atoms with Crippen LogP contribution in [0.4, 0.5) is 0 Å². The van der Waals surface area contributed by atoms with E-state index in [4.69, 9.17) is 0 Å². The predicted octanol–water partition coefficient (Wildman–Crippen LogP) is 4.50. The molecule has 1 aliphatic rings. The van der Waals surface area contributed by atoms with Crippen LogP contribution in [0.2, 0.25) is 0 Å². The zero-order valence-corrected chi connectivity index (χ0v) is 9.72. The molecule has 1 aliphatic carbocycles. The van der Waals surface area contributed by atoms with Crippen LogP contribution in [0.15, 0.2) is 36.0 Å². The van der Waals surface area contributed by atoms with Crippen LogP contribution >= 0.6 is 0 Å². The number of allylic oxidation sites excluding steroid dienone is 5. The molecule has 0 fully saturated rings. The summed E-state index contributed by atoms with van der Waals surface area (Å²) in [5.41, 5.74) is 3.11. The summed E-state index contributed by atoms with van der Waals surface area (Å²) in [7, 11) is 0. The first-order valence-corrected chi connectivity index (χ1v) is 5.65. The second kappa shape index (κ2) is 5.19. The van der Waals surface area contributed by atoms with Gasteiger partial charge < -0.3 is 0 Å². The topological polar surface area (TPSA) is 0 Å². The van der Waals surface area contributed by atoms with E-state index >= 15 is 0 Å². The predicted molar refractivity (Wildman–Crippen MR) is 64.2 cm³/mol. The first kappa shape index (κ1) is 11.3. The minimum Gasteiger partial charge on any atom is -0.0991 e. The fourth-order valence-electron chi connectivity index (χ4n) is 2.18. The normalized spacial score (nSPS) is 29.4. The van der Waals surface area contributed by atoms with Gasteiger partial charge in [-0.15, -0.1) is 0 Å². The van der Waals surface area contributed by atoms with Gasteiger partial charge in [0, 0.05) is 0 Å². The van der Waals surface area contributed by atoms with Crippen LogP contribution in [0.3, 0.4) is 0 Å². The van der Waals surface area contributed by atoms with Crippen LogP contribution in [-0.2, 0) is 0 Å². The lowest BCUT2D eigenvalue weighted by atomic mass is 9.87. The van der Waals surface area contributed by atoms with E-state index in [1.165, 1.54) is 24.8 Å². The molecule has 0 bridgehead atoms. The Morgan fingerprint density at radius 3 is 2.71 bits per heavy atom. The summed E-state index contributed by atoms with van der Waals surface area (Å²) in [5.74, 6) is 1.58. The van der Waals surface area contributed by atoms with Gasteiger partial charge in [-0.25, -0.2) is 0 Å². The lowest BCUT2D eigenvalue weighted by molar-refractivity contribution is 0.414. The molecular weight excluding hydrogens is 168 g/mol. The largest absolute Gasteiger partial charge is 0.0991 e. The maximum atomic E-state index is 3.72. The third kappa shape index (κ3) is 2.60. The number of hydrogen-bond donors (Lipinski definition) is 0. The third-order valence-electron chi connectivity index (χ3n) is 3.58. The van der Waals surface area contributed by atoms with Crippen molar-refractivity contribution in [3.8, 4) is 0 Å². The Labute approximate surface area is 88.4 Å². The lowest BCUT2D eigenvalue weighted by Gasteiger charge is -2.18. The van der Waals surface area contributed by atoms with Gasteiger partial charge in [0.25, 0.3) is 0 Å². The molecule has 0 aromatic rings. The quantitative estimate of drug-likeness (QED) is 0.562. The molecule has 0 aliphatic heterocycles. The van der Waals surface area contributed by atoms with Crippen LogP contribution in [0.5, 0.6) is 0 Å². The fourth-order valence-corrected chi connectivity index (χ4v) is 2.18. The van der Waals surface area contributed by atoms with E-state index in [2.05, 4.69) is 39.5 Å². The van der Waals surface area contributed by atoms with E-state index < -0.39 is 0 Å². The molecule has 0 heterocycles. The van der Waals surface area contributed by atoms with E-state index in [9.17, 15) is 0 Å². The molecule has 0 heteroatoms. The Morgan fingerprint density at radius 2 is 2.07 bits per heavy atom. The summed E-state index contributed by atoms with van der Waals surface area (Å²) >= 11 is 0. The molecule has 78 valence electrons. The average molecular weight is 190 g/mol. The Balaban J connectivity index is 2.88. The van der Waals surface area contributed by atoms with Crippen molar-refractivity contribution in [2.24, 2.45) is 11.8 Å². The molecule has 0 aromatic heterocycles. The minimum absolute atomic E-state index is 0.738. The van der Waals surface area contributed by atoms with Gasteiger partial charge in [0.1, 0.15) is 0 Å². The van der Waals surface area contributed by atoms with Crippen molar-refractivity contribution in [2.75, 3.05) is 0 Å². The molecule has 0 spiro atoms. The molecule has 0 nitrogen and oxygen atoms in total. The Bertz CT molecular complexity index is 255. The van der Waals surface area contributed by atoms with E-state index in [0.717, 1.165) is 11.8 Å². The molecule has 14 heavy (non-hydrogen) atoms. The molecule has 2 unspecified atom stereocenters. The smallest absolute Gasteiger partial charge is 0.0203 e. The molecule has 0 radical (unpaired) electrons. The van der Waals surface area contributed by atoms with Gasteiger partial charge in [-0.1, -0.05) is 44.2 Å². The molecule has 0 amide bonds. The zero-order chi connectivity index (χ0) is 10.6. The summed E-state index contributed by atoms with van der Waals surface area (Å²) < 4.78 is 0. The highest BCUT2D eigenvalue weighted by Gasteiger charge is 2.19. The molecule has 2 atom stereocenters. The van der Waals surface area contributed by atoms with Crippen molar-refractivity contribution in [3.05, 3.63) is 36.0 Å². The van der Waals surface area contributed by atoms with Crippen LogP contribution in [0.25, 0.3) is 0 Å². The standard InChI is InChI=1S/C14H22/c1-5-6-9-14-10-7-8-11(2)12(3)13(14)4/h5-6,9,11-12H,1,7-8,10H2,2-4H3. The average Bonchev–Trinajstić information content (AvgIpc) is 2.30. The molecule has 0 saturated heterocycles. The molecule has 0 saturated carbocycles. The zero-order valence-electron chi connectivity index (χ0n) is 9.72. The summed E-state index contributed by atoms with van der Waals surface area (Å²) in [4.78, 5) is 0. The Kier molecular flexibility index (Phi) is 4.19. The van der Waals surface area contributed by atoms with Crippen LogP contribution in [0.1, 0.15) is 40.0 Å². The van der Waals surface area contributed by atoms with Crippen LogP contribution < -0.4 is 0 Å². The van der Waals surface area contributed by atoms with Gasteiger partial charge in [0.15, 0.2) is 0 Å². The van der Waals surface area contributed by atoms with Crippen LogP contribution in [-0.4, -0.2) is 0 Å². The van der Waals surface area contributed by atoms with Gasteiger partial charge in [-0.3, -0.25) is 0 Å². The van der Waals surface area contributed by atoms with E-state index in [1.54, 1.807) is 5.57 Å². The van der Waals surface area contributed by atoms with Crippen molar-refractivity contribution in [1.82, 2.24) is 0 Å². The summed E-state index contributed by atoms with van der Waals surface area (Å²) in [6.45, 7) is 10.7. The first-order chi connectivity index (χ1) is 6.66. The summed E-state index contributed by atoms with van der Waals surface area (Å²) in [5, 5.41) is 0. The van der Waals surface area contributed by atoms with Crippen molar-refractivity contribution in [2.45, 2.75) is 40.0 Å². The van der Waals surface area contributed by atoms with Crippen molar-refractivity contribution in [3.63, 3.8) is 0 Å². The Morgan fingerprint density at radius 1 is 1.36 bits per heavy atom. The highest BCUT2D eigenvalue weighted by atomic mass is 14.2. The van der Waals surface area contributed by atoms with Gasteiger partial charge in [-0.2, -0.15) is 0 Å².